The van der Waals surface area contributed by atoms with E-state index in [1.54, 1.807) is 28.0 Å². The lowest BCUT2D eigenvalue weighted by Gasteiger charge is -2.22. The Morgan fingerprint density at radius 2 is 1.71 bits per heavy atom. The summed E-state index contributed by atoms with van der Waals surface area (Å²) in [6.07, 6.45) is 0. The Hall–Kier alpha value is -2.09. The standard InChI is InChI=1S/C20H25ClN2O4S/c1-14(2)23(4)28(25,26)17-10-11-19(21)18(12-17)20(24)22(3)13-15-6-8-16(27-5)9-7-15/h6-12,14H,13H2,1-5H3. The highest BCUT2D eigenvalue weighted by atomic mass is 35.5. The normalized spacial score (nSPS) is 11.7. The Kier molecular flexibility index (Phi) is 7.09. The lowest BCUT2D eigenvalue weighted by atomic mass is 10.1. The molecule has 6 nitrogen and oxygen atoms in total. The highest BCUT2D eigenvalue weighted by Crippen LogP contribution is 2.25. The molecule has 0 radical (unpaired) electrons. The van der Waals surface area contributed by atoms with Crippen molar-refractivity contribution >= 4 is 27.5 Å². The van der Waals surface area contributed by atoms with E-state index in [2.05, 4.69) is 0 Å². The van der Waals surface area contributed by atoms with Crippen LogP contribution >= 0.6 is 11.6 Å². The van der Waals surface area contributed by atoms with E-state index in [1.165, 1.54) is 34.5 Å². The maximum atomic E-state index is 12.9. The first-order valence-electron chi connectivity index (χ1n) is 8.74. The predicted octanol–water partition coefficient (Wildman–Crippen LogP) is 3.65. The van der Waals surface area contributed by atoms with Gasteiger partial charge in [0.1, 0.15) is 5.75 Å². The van der Waals surface area contributed by atoms with Gasteiger partial charge in [0.15, 0.2) is 0 Å². The minimum Gasteiger partial charge on any atom is -0.497 e. The molecule has 0 bridgehead atoms. The van der Waals surface area contributed by atoms with Crippen LogP contribution in [0.5, 0.6) is 5.75 Å². The molecular weight excluding hydrogens is 400 g/mol. The van der Waals surface area contributed by atoms with Crippen LogP contribution in [-0.4, -0.2) is 50.8 Å². The Morgan fingerprint density at radius 1 is 1.11 bits per heavy atom. The average molecular weight is 425 g/mol. The number of methoxy groups -OCH3 is 1. The topological polar surface area (TPSA) is 66.9 Å². The van der Waals surface area contributed by atoms with Crippen LogP contribution in [0.1, 0.15) is 29.8 Å². The van der Waals surface area contributed by atoms with Crippen LogP contribution in [0.15, 0.2) is 47.4 Å². The maximum Gasteiger partial charge on any atom is 0.255 e. The Balaban J connectivity index is 2.29. The zero-order chi connectivity index (χ0) is 21.1. The fourth-order valence-corrected chi connectivity index (χ4v) is 4.15. The molecule has 0 aliphatic carbocycles. The monoisotopic (exact) mass is 424 g/mol. The first kappa shape index (κ1) is 22.2. The van der Waals surface area contributed by atoms with Crippen molar-refractivity contribution in [2.45, 2.75) is 31.3 Å². The van der Waals surface area contributed by atoms with Crippen molar-refractivity contribution in [1.29, 1.82) is 0 Å². The van der Waals surface area contributed by atoms with Crippen LogP contribution in [0.25, 0.3) is 0 Å². The number of sulfonamides is 1. The van der Waals surface area contributed by atoms with Crippen molar-refractivity contribution in [2.75, 3.05) is 21.2 Å². The lowest BCUT2D eigenvalue weighted by Crippen LogP contribution is -2.33. The van der Waals surface area contributed by atoms with E-state index in [4.69, 9.17) is 16.3 Å². The second kappa shape index (κ2) is 8.94. The molecule has 0 fully saturated rings. The van der Waals surface area contributed by atoms with Gasteiger partial charge in [0, 0.05) is 26.7 Å². The van der Waals surface area contributed by atoms with Gasteiger partial charge in [-0.1, -0.05) is 23.7 Å². The fraction of sp³-hybridized carbons (Fsp3) is 0.350. The zero-order valence-corrected chi connectivity index (χ0v) is 18.2. The average Bonchev–Trinajstić information content (AvgIpc) is 2.67. The van der Waals surface area contributed by atoms with Crippen LogP contribution < -0.4 is 4.74 Å². The third-order valence-corrected chi connectivity index (χ3v) is 6.86. The van der Waals surface area contributed by atoms with Gasteiger partial charge in [-0.3, -0.25) is 4.79 Å². The molecule has 0 spiro atoms. The highest BCUT2D eigenvalue weighted by Gasteiger charge is 2.25. The van der Waals surface area contributed by atoms with Crippen molar-refractivity contribution in [3.05, 3.63) is 58.6 Å². The summed E-state index contributed by atoms with van der Waals surface area (Å²) in [5.41, 5.74) is 1.06. The van der Waals surface area contributed by atoms with Crippen molar-refractivity contribution < 1.29 is 17.9 Å². The molecule has 0 heterocycles. The first-order chi connectivity index (χ1) is 13.1. The summed E-state index contributed by atoms with van der Waals surface area (Å²) in [4.78, 5) is 14.4. The molecule has 2 aromatic carbocycles. The van der Waals surface area contributed by atoms with Gasteiger partial charge in [-0.05, 0) is 49.7 Å². The van der Waals surface area contributed by atoms with Crippen molar-refractivity contribution in [3.8, 4) is 5.75 Å². The molecule has 0 N–H and O–H groups in total. The molecule has 8 heteroatoms. The molecule has 0 saturated heterocycles. The van der Waals surface area contributed by atoms with Crippen LogP contribution in [0, 0.1) is 0 Å². The van der Waals surface area contributed by atoms with Crippen LogP contribution in [0.4, 0.5) is 0 Å². The second-order valence-corrected chi connectivity index (χ2v) is 9.17. The molecule has 0 saturated carbocycles. The van der Waals surface area contributed by atoms with Gasteiger partial charge in [-0.25, -0.2) is 8.42 Å². The number of rotatable bonds is 7. The summed E-state index contributed by atoms with van der Waals surface area (Å²) in [5.74, 6) is 0.373. The number of benzene rings is 2. The maximum absolute atomic E-state index is 12.9. The molecule has 0 aliphatic heterocycles. The molecule has 0 unspecified atom stereocenters. The summed E-state index contributed by atoms with van der Waals surface area (Å²) >= 11 is 6.20. The van der Waals surface area contributed by atoms with Crippen molar-refractivity contribution in [2.24, 2.45) is 0 Å². The number of halogens is 1. The van der Waals surface area contributed by atoms with E-state index in [-0.39, 0.29) is 27.4 Å². The number of carbonyl (C=O) groups is 1. The van der Waals surface area contributed by atoms with Crippen LogP contribution in [0.3, 0.4) is 0 Å². The Morgan fingerprint density at radius 3 is 2.25 bits per heavy atom. The first-order valence-corrected chi connectivity index (χ1v) is 10.6. The number of amides is 1. The fourth-order valence-electron chi connectivity index (χ4n) is 2.55. The highest BCUT2D eigenvalue weighted by molar-refractivity contribution is 7.89. The predicted molar refractivity (Wildman–Crippen MR) is 110 cm³/mol. The summed E-state index contributed by atoms with van der Waals surface area (Å²) < 4.78 is 31.8. The molecule has 152 valence electrons. The summed E-state index contributed by atoms with van der Waals surface area (Å²) in [6.45, 7) is 3.91. The summed E-state index contributed by atoms with van der Waals surface area (Å²) in [6, 6.07) is 11.3. The lowest BCUT2D eigenvalue weighted by molar-refractivity contribution is 0.0785. The van der Waals surface area contributed by atoms with Gasteiger partial charge in [0.05, 0.1) is 22.6 Å². The van der Waals surface area contributed by atoms with Crippen molar-refractivity contribution in [3.63, 3.8) is 0 Å². The summed E-state index contributed by atoms with van der Waals surface area (Å²) in [7, 11) is 1.02. The Bertz CT molecular complexity index is 943. The second-order valence-electron chi connectivity index (χ2n) is 6.77. The number of hydrogen-bond acceptors (Lipinski definition) is 4. The smallest absolute Gasteiger partial charge is 0.255 e. The van der Waals surface area contributed by atoms with E-state index in [0.29, 0.717) is 6.54 Å². The molecule has 28 heavy (non-hydrogen) atoms. The molecule has 0 aromatic heterocycles. The number of ether oxygens (including phenoxy) is 1. The molecular formula is C20H25ClN2O4S. The zero-order valence-electron chi connectivity index (χ0n) is 16.6. The van der Waals surface area contributed by atoms with Gasteiger partial charge in [-0.15, -0.1) is 0 Å². The molecule has 1 amide bonds. The van der Waals surface area contributed by atoms with Gasteiger partial charge >= 0.3 is 0 Å². The molecule has 2 rings (SSSR count). The Labute approximate surface area is 171 Å². The minimum atomic E-state index is -3.71. The minimum absolute atomic E-state index is 0.0364. The third-order valence-electron chi connectivity index (χ3n) is 4.50. The van der Waals surface area contributed by atoms with Gasteiger partial charge in [-0.2, -0.15) is 4.31 Å². The quantitative estimate of drug-likeness (QED) is 0.680. The van der Waals surface area contributed by atoms with Crippen molar-refractivity contribution in [1.82, 2.24) is 9.21 Å². The van der Waals surface area contributed by atoms with E-state index in [1.807, 2.05) is 24.3 Å². The van der Waals surface area contributed by atoms with Gasteiger partial charge < -0.3 is 9.64 Å². The van der Waals surface area contributed by atoms with Gasteiger partial charge in [0.2, 0.25) is 10.0 Å². The van der Waals surface area contributed by atoms with Crippen LogP contribution in [0.2, 0.25) is 5.02 Å². The SMILES string of the molecule is COc1ccc(CN(C)C(=O)c2cc(S(=O)(=O)N(C)C(C)C)ccc2Cl)cc1. The number of hydrogen-bond donors (Lipinski definition) is 0. The summed E-state index contributed by atoms with van der Waals surface area (Å²) in [5, 5.41) is 0.206. The van der Waals surface area contributed by atoms with Gasteiger partial charge in [0.25, 0.3) is 5.91 Å². The van der Waals surface area contributed by atoms with E-state index in [9.17, 15) is 13.2 Å². The number of nitrogens with zero attached hydrogens (tertiary/aromatic N) is 2. The molecule has 0 aliphatic rings. The number of carbonyl (C=O) groups excluding carboxylic acids is 1. The van der Waals surface area contributed by atoms with E-state index in [0.717, 1.165) is 11.3 Å². The largest absolute Gasteiger partial charge is 0.497 e. The van der Waals surface area contributed by atoms with Crippen LogP contribution in [-0.2, 0) is 16.6 Å². The molecule has 0 atom stereocenters. The van der Waals surface area contributed by atoms with E-state index >= 15 is 0 Å². The molecule has 2 aromatic rings. The third kappa shape index (κ3) is 4.84. The van der Waals surface area contributed by atoms with E-state index < -0.39 is 10.0 Å².